The minimum Gasteiger partial charge on any atom is -0.478 e. The molecule has 2 N–H and O–H groups in total. The van der Waals surface area contributed by atoms with Gasteiger partial charge in [0.05, 0.1) is 22.2 Å². The van der Waals surface area contributed by atoms with Crippen LogP contribution in [0.2, 0.25) is 5.02 Å². The summed E-state index contributed by atoms with van der Waals surface area (Å²) in [5, 5.41) is 3.44. The number of thiazole rings is 1. The highest BCUT2D eigenvalue weighted by Crippen LogP contribution is 2.37. The highest BCUT2D eigenvalue weighted by Gasteiger charge is 2.34. The van der Waals surface area contributed by atoms with E-state index in [-0.39, 0.29) is 17.6 Å². The van der Waals surface area contributed by atoms with Crippen LogP contribution in [0.15, 0.2) is 36.4 Å². The van der Waals surface area contributed by atoms with Crippen molar-refractivity contribution in [3.8, 4) is 5.75 Å². The van der Waals surface area contributed by atoms with Crippen LogP contribution in [0.4, 0.5) is 16.5 Å². The Hall–Kier alpha value is -2.89. The van der Waals surface area contributed by atoms with Gasteiger partial charge in [0.15, 0.2) is 11.2 Å². The lowest BCUT2D eigenvalue weighted by molar-refractivity contribution is -0.128. The topological polar surface area (TPSA) is 118 Å². The van der Waals surface area contributed by atoms with Gasteiger partial charge in [0.1, 0.15) is 12.3 Å². The Kier molecular flexibility index (Phi) is 5.97. The van der Waals surface area contributed by atoms with Crippen LogP contribution in [0, 0.1) is 0 Å². The number of carbonyl (C=O) groups excluding carboxylic acids is 2. The van der Waals surface area contributed by atoms with Gasteiger partial charge in [-0.25, -0.2) is 13.4 Å². The largest absolute Gasteiger partial charge is 0.478 e. The summed E-state index contributed by atoms with van der Waals surface area (Å²) < 4.78 is 31.6. The molecule has 0 fully saturated rings. The molecule has 0 bridgehead atoms. The summed E-state index contributed by atoms with van der Waals surface area (Å²) in [5.41, 5.74) is 1.53. The van der Waals surface area contributed by atoms with Crippen LogP contribution in [0.5, 0.6) is 5.75 Å². The minimum absolute atomic E-state index is 0.215. The van der Waals surface area contributed by atoms with E-state index in [1.807, 2.05) is 6.92 Å². The van der Waals surface area contributed by atoms with Gasteiger partial charge in [0, 0.05) is 10.7 Å². The lowest BCUT2D eigenvalue weighted by Crippen LogP contribution is -2.48. The predicted molar refractivity (Wildman–Crippen MR) is 125 cm³/mol. The van der Waals surface area contributed by atoms with E-state index in [1.165, 1.54) is 4.90 Å². The fourth-order valence-corrected chi connectivity index (χ4v) is 5.17. The molecule has 1 aliphatic heterocycles. The van der Waals surface area contributed by atoms with Gasteiger partial charge in [-0.05, 0) is 42.8 Å². The fourth-order valence-electron chi connectivity index (χ4n) is 3.27. The number of halogens is 1. The van der Waals surface area contributed by atoms with Crippen LogP contribution in [0.1, 0.15) is 13.3 Å². The van der Waals surface area contributed by atoms with Crippen LogP contribution in [-0.2, 0) is 19.6 Å². The maximum Gasteiger partial charge on any atom is 0.268 e. The summed E-state index contributed by atoms with van der Waals surface area (Å²) in [6, 6.07) is 9.96. The molecule has 1 atom stereocenters. The average Bonchev–Trinajstić information content (AvgIpc) is 3.09. The molecule has 32 heavy (non-hydrogen) atoms. The summed E-state index contributed by atoms with van der Waals surface area (Å²) in [6.45, 7) is 1.62. The van der Waals surface area contributed by atoms with Crippen molar-refractivity contribution in [2.24, 2.45) is 0 Å². The number of aromatic nitrogens is 1. The number of amides is 2. The van der Waals surface area contributed by atoms with E-state index >= 15 is 0 Å². The van der Waals surface area contributed by atoms with Crippen LogP contribution in [0.3, 0.4) is 0 Å². The van der Waals surface area contributed by atoms with E-state index in [0.29, 0.717) is 38.8 Å². The second kappa shape index (κ2) is 8.57. The molecule has 0 aliphatic carbocycles. The van der Waals surface area contributed by atoms with Crippen molar-refractivity contribution in [2.75, 3.05) is 27.7 Å². The number of benzene rings is 2. The van der Waals surface area contributed by atoms with E-state index in [0.717, 1.165) is 17.6 Å². The van der Waals surface area contributed by atoms with Crippen LogP contribution in [-0.4, -0.2) is 44.1 Å². The van der Waals surface area contributed by atoms with Crippen LogP contribution < -0.4 is 19.7 Å². The Bertz CT molecular complexity index is 1320. The lowest BCUT2D eigenvalue weighted by Gasteiger charge is -2.33. The lowest BCUT2D eigenvalue weighted by atomic mass is 10.1. The number of hydrogen-bond acceptors (Lipinski definition) is 7. The minimum atomic E-state index is -3.44. The van der Waals surface area contributed by atoms with Crippen molar-refractivity contribution in [2.45, 2.75) is 19.4 Å². The first kappa shape index (κ1) is 22.3. The maximum absolute atomic E-state index is 12.8. The second-order valence-electron chi connectivity index (χ2n) is 7.18. The van der Waals surface area contributed by atoms with Gasteiger partial charge in [-0.15, -0.1) is 0 Å². The standard InChI is InChI=1S/C20H19ClN4O5S2/c1-3-15-19(27)25(14-8-11(21)4-7-16(14)30-15)10-18(26)22-12-5-6-13-17(9-12)31-20(23-13)24-32(2,28)29/h4-9,15H,3,10H2,1-2H3,(H,22,26)(H,23,24)/t15-/m1/s1. The average molecular weight is 495 g/mol. The highest BCUT2D eigenvalue weighted by molar-refractivity contribution is 7.92. The summed E-state index contributed by atoms with van der Waals surface area (Å²) in [4.78, 5) is 31.2. The first-order valence-electron chi connectivity index (χ1n) is 9.59. The van der Waals surface area contributed by atoms with Crippen molar-refractivity contribution in [1.82, 2.24) is 4.98 Å². The summed E-state index contributed by atoms with van der Waals surface area (Å²) in [6.07, 6.45) is 0.836. The van der Waals surface area contributed by atoms with Crippen molar-refractivity contribution in [3.05, 3.63) is 41.4 Å². The first-order chi connectivity index (χ1) is 15.1. The Balaban J connectivity index is 1.53. The zero-order valence-corrected chi connectivity index (χ0v) is 19.5. The highest BCUT2D eigenvalue weighted by atomic mass is 35.5. The Morgan fingerprint density at radius 1 is 1.28 bits per heavy atom. The molecule has 0 spiro atoms. The molecule has 2 amide bonds. The molecule has 0 saturated carbocycles. The molecule has 1 aromatic heterocycles. The molecule has 0 unspecified atom stereocenters. The Labute approximate surface area is 193 Å². The van der Waals surface area contributed by atoms with Crippen molar-refractivity contribution >= 4 is 71.5 Å². The molecule has 12 heteroatoms. The number of anilines is 3. The van der Waals surface area contributed by atoms with Crippen molar-refractivity contribution in [1.29, 1.82) is 0 Å². The molecular weight excluding hydrogens is 476 g/mol. The molecule has 2 aromatic carbocycles. The second-order valence-corrected chi connectivity index (χ2v) is 10.4. The van der Waals surface area contributed by atoms with Gasteiger partial charge >= 0.3 is 0 Å². The number of rotatable bonds is 6. The van der Waals surface area contributed by atoms with Gasteiger partial charge in [-0.1, -0.05) is 29.9 Å². The molecular formula is C20H19ClN4O5S2. The number of carbonyl (C=O) groups is 2. The third-order valence-electron chi connectivity index (χ3n) is 4.64. The maximum atomic E-state index is 12.8. The number of nitrogens with zero attached hydrogens (tertiary/aromatic N) is 2. The quantitative estimate of drug-likeness (QED) is 0.541. The van der Waals surface area contributed by atoms with Gasteiger partial charge < -0.3 is 10.1 Å². The van der Waals surface area contributed by atoms with Gasteiger partial charge in [-0.3, -0.25) is 19.2 Å². The number of fused-ring (bicyclic) bond motifs is 2. The smallest absolute Gasteiger partial charge is 0.268 e. The van der Waals surface area contributed by atoms with Crippen molar-refractivity contribution < 1.29 is 22.7 Å². The Morgan fingerprint density at radius 2 is 2.06 bits per heavy atom. The Morgan fingerprint density at radius 3 is 2.78 bits per heavy atom. The van der Waals surface area contributed by atoms with Crippen LogP contribution in [0.25, 0.3) is 10.2 Å². The number of sulfonamides is 1. The predicted octanol–water partition coefficient (Wildman–Crippen LogP) is 3.46. The summed E-state index contributed by atoms with van der Waals surface area (Å²) in [5.74, 6) is -0.225. The molecule has 2 heterocycles. The number of nitrogens with one attached hydrogen (secondary N) is 2. The van der Waals surface area contributed by atoms with Gasteiger partial charge in [0.2, 0.25) is 15.9 Å². The van der Waals surface area contributed by atoms with Crippen LogP contribution >= 0.6 is 22.9 Å². The number of hydrogen-bond donors (Lipinski definition) is 2. The molecule has 4 rings (SSSR count). The first-order valence-corrected chi connectivity index (χ1v) is 12.7. The molecule has 9 nitrogen and oxygen atoms in total. The molecule has 3 aromatic rings. The third kappa shape index (κ3) is 4.79. The van der Waals surface area contributed by atoms with E-state index in [2.05, 4.69) is 15.0 Å². The third-order valence-corrected chi connectivity index (χ3v) is 6.50. The molecule has 0 radical (unpaired) electrons. The normalized spacial score (nSPS) is 15.9. The van der Waals surface area contributed by atoms with E-state index in [9.17, 15) is 18.0 Å². The van der Waals surface area contributed by atoms with E-state index < -0.39 is 22.0 Å². The zero-order chi connectivity index (χ0) is 23.0. The number of ether oxygens (including phenoxy) is 1. The van der Waals surface area contributed by atoms with Crippen molar-refractivity contribution in [3.63, 3.8) is 0 Å². The summed E-state index contributed by atoms with van der Waals surface area (Å²) >= 11 is 7.23. The molecule has 1 aliphatic rings. The van der Waals surface area contributed by atoms with E-state index in [1.54, 1.807) is 36.4 Å². The monoisotopic (exact) mass is 494 g/mol. The molecule has 0 saturated heterocycles. The van der Waals surface area contributed by atoms with Gasteiger partial charge in [0.25, 0.3) is 5.91 Å². The fraction of sp³-hybridized carbons (Fsp3) is 0.250. The molecule has 168 valence electrons. The van der Waals surface area contributed by atoms with E-state index in [4.69, 9.17) is 16.3 Å². The summed E-state index contributed by atoms with van der Waals surface area (Å²) in [7, 11) is -3.44. The zero-order valence-electron chi connectivity index (χ0n) is 17.1. The van der Waals surface area contributed by atoms with Gasteiger partial charge in [-0.2, -0.15) is 0 Å². The SMILES string of the molecule is CC[C@H]1Oc2ccc(Cl)cc2N(CC(=O)Nc2ccc3nc(NS(C)(=O)=O)sc3c2)C1=O.